The van der Waals surface area contributed by atoms with Gasteiger partial charge in [-0.2, -0.15) is 0 Å². The van der Waals surface area contributed by atoms with Crippen LogP contribution in [0.25, 0.3) is 11.0 Å². The van der Waals surface area contributed by atoms with Crippen LogP contribution in [0.5, 0.6) is 0 Å². The molecule has 1 atom stereocenters. The van der Waals surface area contributed by atoms with Crippen molar-refractivity contribution in [3.8, 4) is 0 Å². The highest BCUT2D eigenvalue weighted by atomic mass is 16.5. The molecular weight excluding hydrogens is 366 g/mol. The lowest BCUT2D eigenvalue weighted by Crippen LogP contribution is -2.36. The minimum absolute atomic E-state index is 0.0776. The van der Waals surface area contributed by atoms with Crippen LogP contribution in [0.4, 0.5) is 0 Å². The molecule has 0 aliphatic rings. The van der Waals surface area contributed by atoms with Crippen molar-refractivity contribution in [2.24, 2.45) is 0 Å². The Morgan fingerprint density at radius 3 is 2.52 bits per heavy atom. The molecular formula is C23H28N3O3+. The average molecular weight is 394 g/mol. The molecule has 3 aromatic rings. The molecule has 3 rings (SSSR count). The number of carbonyl (C=O) groups excluding carboxylic acids is 2. The first-order valence-corrected chi connectivity index (χ1v) is 10.00. The van der Waals surface area contributed by atoms with E-state index in [1.54, 1.807) is 19.1 Å². The summed E-state index contributed by atoms with van der Waals surface area (Å²) in [5.74, 6) is 0.530. The van der Waals surface area contributed by atoms with Gasteiger partial charge in [0.25, 0.3) is 11.7 Å². The van der Waals surface area contributed by atoms with E-state index in [2.05, 4.69) is 16.8 Å². The lowest BCUT2D eigenvalue weighted by molar-refractivity contribution is -0.674. The number of amides is 1. The number of nitrogens with zero attached hydrogens (tertiary/aromatic N) is 2. The van der Waals surface area contributed by atoms with E-state index in [0.29, 0.717) is 12.2 Å². The zero-order valence-electron chi connectivity index (χ0n) is 17.4. The smallest absolute Gasteiger partial charge is 0.338 e. The number of imidazole rings is 1. The number of aryl methyl sites for hydroxylation is 1. The van der Waals surface area contributed by atoms with Crippen molar-refractivity contribution in [3.63, 3.8) is 0 Å². The summed E-state index contributed by atoms with van der Waals surface area (Å²) < 4.78 is 9.22. The summed E-state index contributed by atoms with van der Waals surface area (Å²) in [6.45, 7) is 9.08. The Balaban J connectivity index is 1.90. The van der Waals surface area contributed by atoms with Crippen LogP contribution in [0.3, 0.4) is 0 Å². The normalized spacial score (nSPS) is 12.0. The molecule has 1 aromatic heterocycles. The summed E-state index contributed by atoms with van der Waals surface area (Å²) in [5.41, 5.74) is 3.38. The van der Waals surface area contributed by atoms with Crippen molar-refractivity contribution in [1.29, 1.82) is 0 Å². The third-order valence-electron chi connectivity index (χ3n) is 5.14. The van der Waals surface area contributed by atoms with Crippen molar-refractivity contribution >= 4 is 22.9 Å². The highest BCUT2D eigenvalue weighted by molar-refractivity contribution is 5.93. The summed E-state index contributed by atoms with van der Waals surface area (Å²) in [6, 6.07) is 15.3. The van der Waals surface area contributed by atoms with Gasteiger partial charge in [-0.15, -0.1) is 0 Å². The van der Waals surface area contributed by atoms with Crippen LogP contribution in [-0.2, 0) is 22.6 Å². The first-order chi connectivity index (χ1) is 14.0. The first kappa shape index (κ1) is 20.6. The highest BCUT2D eigenvalue weighted by Gasteiger charge is 2.24. The monoisotopic (exact) mass is 394 g/mol. The molecule has 0 saturated carbocycles. The lowest BCUT2D eigenvalue weighted by atomic mass is 10.1. The topological polar surface area (TPSA) is 64.2 Å². The molecule has 1 heterocycles. The predicted octanol–water partition coefficient (Wildman–Crippen LogP) is 3.31. The third kappa shape index (κ3) is 4.31. The molecule has 29 heavy (non-hydrogen) atoms. The fourth-order valence-corrected chi connectivity index (χ4v) is 3.66. The first-order valence-electron chi connectivity index (χ1n) is 10.00. The van der Waals surface area contributed by atoms with Crippen LogP contribution in [0.15, 0.2) is 48.5 Å². The van der Waals surface area contributed by atoms with Crippen LogP contribution in [-0.4, -0.2) is 23.1 Å². The van der Waals surface area contributed by atoms with Gasteiger partial charge in [-0.1, -0.05) is 30.3 Å². The Morgan fingerprint density at radius 1 is 1.14 bits per heavy atom. The van der Waals surface area contributed by atoms with Crippen LogP contribution in [0.1, 0.15) is 48.6 Å². The molecule has 6 nitrogen and oxygen atoms in total. The van der Waals surface area contributed by atoms with Gasteiger partial charge in [0.1, 0.15) is 0 Å². The SMILES string of the molecule is CCOC(=O)c1ccc2c(c1)n(CC(=O)N[C@H](C)c1ccccc1)c(C)[n+]2CC. The Bertz CT molecular complexity index is 1020. The highest BCUT2D eigenvalue weighted by Crippen LogP contribution is 2.18. The maximum Gasteiger partial charge on any atom is 0.338 e. The van der Waals surface area contributed by atoms with Gasteiger partial charge >= 0.3 is 5.97 Å². The van der Waals surface area contributed by atoms with E-state index in [-0.39, 0.29) is 24.5 Å². The maximum atomic E-state index is 12.8. The van der Waals surface area contributed by atoms with Crippen molar-refractivity contribution in [2.75, 3.05) is 6.61 Å². The maximum absolute atomic E-state index is 12.8. The molecule has 0 spiro atoms. The summed E-state index contributed by atoms with van der Waals surface area (Å²) >= 11 is 0. The number of rotatable bonds is 7. The van der Waals surface area contributed by atoms with E-state index in [4.69, 9.17) is 4.74 Å². The van der Waals surface area contributed by atoms with Crippen LogP contribution >= 0.6 is 0 Å². The molecule has 0 unspecified atom stereocenters. The van der Waals surface area contributed by atoms with E-state index in [1.165, 1.54) is 0 Å². The summed E-state index contributed by atoms with van der Waals surface area (Å²) in [4.78, 5) is 24.9. The number of hydrogen-bond acceptors (Lipinski definition) is 3. The Hall–Kier alpha value is -3.15. The van der Waals surface area contributed by atoms with Crippen molar-refractivity contribution < 1.29 is 18.9 Å². The number of aromatic nitrogens is 2. The van der Waals surface area contributed by atoms with Gasteiger partial charge in [-0.3, -0.25) is 4.79 Å². The van der Waals surface area contributed by atoms with Gasteiger partial charge < -0.3 is 10.1 Å². The number of carbonyl (C=O) groups is 2. The minimum atomic E-state index is -0.356. The average Bonchev–Trinajstić information content (AvgIpc) is 2.99. The van der Waals surface area contributed by atoms with Crippen molar-refractivity contribution in [3.05, 3.63) is 65.5 Å². The third-order valence-corrected chi connectivity index (χ3v) is 5.14. The molecule has 1 N–H and O–H groups in total. The van der Waals surface area contributed by atoms with Gasteiger partial charge in [0.2, 0.25) is 0 Å². The number of hydrogen-bond donors (Lipinski definition) is 1. The van der Waals surface area contributed by atoms with E-state index >= 15 is 0 Å². The van der Waals surface area contributed by atoms with E-state index in [0.717, 1.165) is 29.0 Å². The zero-order valence-corrected chi connectivity index (χ0v) is 17.4. The Labute approximate surface area is 171 Å². The van der Waals surface area contributed by atoms with Crippen molar-refractivity contribution in [1.82, 2.24) is 9.88 Å². The second kappa shape index (κ2) is 8.90. The summed E-state index contributed by atoms with van der Waals surface area (Å²) in [6.07, 6.45) is 0. The van der Waals surface area contributed by atoms with Gasteiger partial charge in [0.15, 0.2) is 17.6 Å². The van der Waals surface area contributed by atoms with E-state index in [1.807, 2.05) is 54.8 Å². The van der Waals surface area contributed by atoms with Crippen LogP contribution in [0, 0.1) is 6.92 Å². The molecule has 0 radical (unpaired) electrons. The Morgan fingerprint density at radius 2 is 1.86 bits per heavy atom. The second-order valence-corrected chi connectivity index (χ2v) is 7.00. The largest absolute Gasteiger partial charge is 0.462 e. The molecule has 152 valence electrons. The van der Waals surface area contributed by atoms with E-state index in [9.17, 15) is 9.59 Å². The molecule has 0 bridgehead atoms. The van der Waals surface area contributed by atoms with Crippen LogP contribution in [0.2, 0.25) is 0 Å². The van der Waals surface area contributed by atoms with E-state index < -0.39 is 0 Å². The second-order valence-electron chi connectivity index (χ2n) is 7.00. The molecule has 2 aromatic carbocycles. The standard InChI is InChI=1S/C23H27N3O3/c1-5-25-17(4)26(15-22(27)24-16(3)18-10-8-7-9-11-18)21-14-19(12-13-20(21)25)23(28)29-6-2/h7-14,16H,5-6,15H2,1-4H3/p+1/t16-/m1/s1. The molecule has 0 aliphatic carbocycles. The fraction of sp³-hybridized carbons (Fsp3) is 0.348. The van der Waals surface area contributed by atoms with Gasteiger partial charge in [-0.25, -0.2) is 13.9 Å². The molecule has 0 saturated heterocycles. The minimum Gasteiger partial charge on any atom is -0.462 e. The zero-order chi connectivity index (χ0) is 21.0. The number of benzene rings is 2. The predicted molar refractivity (Wildman–Crippen MR) is 112 cm³/mol. The molecule has 6 heteroatoms. The number of esters is 1. The number of ether oxygens (including phenoxy) is 1. The van der Waals surface area contributed by atoms with Crippen LogP contribution < -0.4 is 9.88 Å². The lowest BCUT2D eigenvalue weighted by Gasteiger charge is -2.13. The van der Waals surface area contributed by atoms with Gasteiger partial charge in [0, 0.05) is 13.0 Å². The molecule has 1 amide bonds. The summed E-state index contributed by atoms with van der Waals surface area (Å²) in [7, 11) is 0. The summed E-state index contributed by atoms with van der Waals surface area (Å²) in [5, 5.41) is 3.06. The number of fused-ring (bicyclic) bond motifs is 1. The van der Waals surface area contributed by atoms with Crippen molar-refractivity contribution in [2.45, 2.75) is 46.8 Å². The molecule has 0 aliphatic heterocycles. The fourth-order valence-electron chi connectivity index (χ4n) is 3.66. The quantitative estimate of drug-likeness (QED) is 0.494. The Kier molecular flexibility index (Phi) is 6.32. The van der Waals surface area contributed by atoms with Gasteiger partial charge in [0.05, 0.1) is 24.8 Å². The molecule has 0 fully saturated rings. The van der Waals surface area contributed by atoms with Gasteiger partial charge in [-0.05, 0) is 38.5 Å². The number of nitrogens with one attached hydrogen (secondary N) is 1.